The number of hydrogen-bond acceptors (Lipinski definition) is 6. The highest BCUT2D eigenvalue weighted by molar-refractivity contribution is 9.10. The second-order valence-corrected chi connectivity index (χ2v) is 7.64. The van der Waals surface area contributed by atoms with Crippen molar-refractivity contribution < 1.29 is 14.5 Å². The molecule has 138 valence electrons. The highest BCUT2D eigenvalue weighted by Crippen LogP contribution is 2.32. The van der Waals surface area contributed by atoms with Crippen LogP contribution in [-0.2, 0) is 4.79 Å². The van der Waals surface area contributed by atoms with Crippen LogP contribution in [0.25, 0.3) is 0 Å². The number of rotatable bonds is 7. The van der Waals surface area contributed by atoms with E-state index in [9.17, 15) is 14.9 Å². The zero-order valence-corrected chi connectivity index (χ0v) is 16.9. The number of hydrazone groups is 1. The maximum absolute atomic E-state index is 11.9. The summed E-state index contributed by atoms with van der Waals surface area (Å²) in [5, 5.41) is 15.8. The zero-order valence-electron chi connectivity index (χ0n) is 14.5. The summed E-state index contributed by atoms with van der Waals surface area (Å²) >= 11 is 4.67. The smallest absolute Gasteiger partial charge is 0.280 e. The SMILES string of the molecule is Cc1cc(OCC(=O)N/N=C/c2cc([N+](=O)[O-])cs2)c(C(C)C)cc1Br. The molecule has 0 radical (unpaired) electrons. The first-order chi connectivity index (χ1) is 12.3. The fourth-order valence-corrected chi connectivity index (χ4v) is 3.17. The van der Waals surface area contributed by atoms with Crippen LogP contribution in [0.2, 0.25) is 0 Å². The van der Waals surface area contributed by atoms with Gasteiger partial charge in [0.2, 0.25) is 0 Å². The number of amides is 1. The number of nitro groups is 1. The van der Waals surface area contributed by atoms with Gasteiger partial charge in [0.15, 0.2) is 6.61 Å². The van der Waals surface area contributed by atoms with Crippen molar-refractivity contribution in [3.63, 3.8) is 0 Å². The van der Waals surface area contributed by atoms with Gasteiger partial charge in [0, 0.05) is 10.5 Å². The topological polar surface area (TPSA) is 93.8 Å². The van der Waals surface area contributed by atoms with Crippen molar-refractivity contribution in [2.75, 3.05) is 6.61 Å². The highest BCUT2D eigenvalue weighted by atomic mass is 79.9. The van der Waals surface area contributed by atoms with E-state index in [1.54, 1.807) is 0 Å². The lowest BCUT2D eigenvalue weighted by atomic mass is 10.0. The Hall–Kier alpha value is -2.26. The molecule has 7 nitrogen and oxygen atoms in total. The minimum Gasteiger partial charge on any atom is -0.483 e. The first kappa shape index (κ1) is 20.1. The molecule has 2 aromatic rings. The first-order valence-corrected chi connectivity index (χ1v) is 9.43. The first-order valence-electron chi connectivity index (χ1n) is 7.75. The largest absolute Gasteiger partial charge is 0.483 e. The Morgan fingerprint density at radius 3 is 2.81 bits per heavy atom. The van der Waals surface area contributed by atoms with E-state index in [4.69, 9.17) is 4.74 Å². The molecular formula is C17H18BrN3O4S. The maximum Gasteiger partial charge on any atom is 0.280 e. The second kappa shape index (κ2) is 8.91. The van der Waals surface area contributed by atoms with Gasteiger partial charge in [-0.15, -0.1) is 11.3 Å². The van der Waals surface area contributed by atoms with Crippen molar-refractivity contribution in [3.8, 4) is 5.75 Å². The maximum atomic E-state index is 11.9. The molecule has 0 bridgehead atoms. The molecular weight excluding hydrogens is 422 g/mol. The molecule has 0 saturated heterocycles. The molecule has 0 spiro atoms. The molecule has 1 heterocycles. The van der Waals surface area contributed by atoms with E-state index in [0.717, 1.165) is 15.6 Å². The molecule has 2 rings (SSSR count). The van der Waals surface area contributed by atoms with Crippen molar-refractivity contribution >= 4 is 45.1 Å². The lowest BCUT2D eigenvalue weighted by molar-refractivity contribution is -0.384. The van der Waals surface area contributed by atoms with Crippen LogP contribution in [0.15, 0.2) is 33.2 Å². The Morgan fingerprint density at radius 1 is 1.46 bits per heavy atom. The number of benzene rings is 1. The Bertz CT molecular complexity index is 849. The molecule has 0 unspecified atom stereocenters. The van der Waals surface area contributed by atoms with Crippen LogP contribution in [0, 0.1) is 17.0 Å². The molecule has 1 N–H and O–H groups in total. The molecule has 0 aliphatic rings. The number of hydrogen-bond donors (Lipinski definition) is 1. The lowest BCUT2D eigenvalue weighted by Gasteiger charge is -2.15. The standard InChI is InChI=1S/C17H18BrN3O4S/c1-10(2)14-6-15(18)11(3)4-16(14)25-8-17(22)20-19-7-13-5-12(9-26-13)21(23)24/h4-7,9-10H,8H2,1-3H3,(H,20,22)/b19-7+. The lowest BCUT2D eigenvalue weighted by Crippen LogP contribution is -2.24. The summed E-state index contributed by atoms with van der Waals surface area (Å²) in [7, 11) is 0. The van der Waals surface area contributed by atoms with Gasteiger partial charge >= 0.3 is 0 Å². The molecule has 0 aliphatic heterocycles. The minimum absolute atomic E-state index is 0.00191. The predicted molar refractivity (Wildman–Crippen MR) is 105 cm³/mol. The average molecular weight is 440 g/mol. The number of carbonyl (C=O) groups is 1. The molecule has 1 aromatic heterocycles. The number of carbonyl (C=O) groups excluding carboxylic acids is 1. The van der Waals surface area contributed by atoms with Gasteiger partial charge in [0.05, 0.1) is 21.4 Å². The van der Waals surface area contributed by atoms with Crippen LogP contribution in [0.4, 0.5) is 5.69 Å². The Morgan fingerprint density at radius 2 is 2.19 bits per heavy atom. The third-order valence-electron chi connectivity index (χ3n) is 3.47. The van der Waals surface area contributed by atoms with Crippen LogP contribution >= 0.6 is 27.3 Å². The predicted octanol–water partition coefficient (Wildman–Crippen LogP) is 4.38. The molecule has 0 aliphatic carbocycles. The van der Waals surface area contributed by atoms with Crippen molar-refractivity contribution in [2.24, 2.45) is 5.10 Å². The van der Waals surface area contributed by atoms with E-state index in [1.807, 2.05) is 19.1 Å². The summed E-state index contributed by atoms with van der Waals surface area (Å²) < 4.78 is 6.63. The van der Waals surface area contributed by atoms with E-state index in [2.05, 4.69) is 40.3 Å². The summed E-state index contributed by atoms with van der Waals surface area (Å²) in [6.45, 7) is 5.87. The molecule has 9 heteroatoms. The number of ether oxygens (including phenoxy) is 1. The third kappa shape index (κ3) is 5.37. The van der Waals surface area contributed by atoms with Crippen molar-refractivity contribution in [1.29, 1.82) is 0 Å². The number of halogens is 1. The van der Waals surface area contributed by atoms with Gasteiger partial charge in [-0.1, -0.05) is 29.8 Å². The Labute approximate surface area is 163 Å². The minimum atomic E-state index is -0.479. The van der Waals surface area contributed by atoms with Gasteiger partial charge in [-0.3, -0.25) is 14.9 Å². The van der Waals surface area contributed by atoms with Crippen molar-refractivity contribution in [2.45, 2.75) is 26.7 Å². The Kier molecular flexibility index (Phi) is 6.87. The van der Waals surface area contributed by atoms with Crippen LogP contribution in [-0.4, -0.2) is 23.7 Å². The van der Waals surface area contributed by atoms with Gasteiger partial charge < -0.3 is 4.74 Å². The van der Waals surface area contributed by atoms with E-state index in [0.29, 0.717) is 10.6 Å². The number of nitrogens with zero attached hydrogens (tertiary/aromatic N) is 2. The van der Waals surface area contributed by atoms with E-state index >= 15 is 0 Å². The van der Waals surface area contributed by atoms with E-state index in [-0.39, 0.29) is 18.2 Å². The van der Waals surface area contributed by atoms with Crippen molar-refractivity contribution in [1.82, 2.24) is 5.43 Å². The highest BCUT2D eigenvalue weighted by Gasteiger charge is 2.12. The van der Waals surface area contributed by atoms with Crippen LogP contribution < -0.4 is 10.2 Å². The molecule has 1 aromatic carbocycles. The van der Waals surface area contributed by atoms with Crippen LogP contribution in [0.5, 0.6) is 5.75 Å². The fraction of sp³-hybridized carbons (Fsp3) is 0.294. The molecule has 0 fully saturated rings. The summed E-state index contributed by atoms with van der Waals surface area (Å²) in [5.41, 5.74) is 4.37. The summed E-state index contributed by atoms with van der Waals surface area (Å²) in [6.07, 6.45) is 1.36. The monoisotopic (exact) mass is 439 g/mol. The molecule has 1 amide bonds. The fourth-order valence-electron chi connectivity index (χ4n) is 2.10. The van der Waals surface area contributed by atoms with Gasteiger partial charge in [-0.25, -0.2) is 5.43 Å². The van der Waals surface area contributed by atoms with Crippen LogP contribution in [0.3, 0.4) is 0 Å². The quantitative estimate of drug-likeness (QED) is 0.393. The average Bonchev–Trinajstić information content (AvgIpc) is 3.04. The number of nitrogens with one attached hydrogen (secondary N) is 1. The van der Waals surface area contributed by atoms with Crippen LogP contribution in [0.1, 0.15) is 35.8 Å². The van der Waals surface area contributed by atoms with Gasteiger partial charge in [-0.2, -0.15) is 5.10 Å². The van der Waals surface area contributed by atoms with Gasteiger partial charge in [0.1, 0.15) is 5.75 Å². The normalized spacial score (nSPS) is 11.1. The van der Waals surface area contributed by atoms with Gasteiger partial charge in [-0.05, 0) is 36.1 Å². The second-order valence-electron chi connectivity index (χ2n) is 5.84. The zero-order chi connectivity index (χ0) is 19.3. The van der Waals surface area contributed by atoms with E-state index in [1.165, 1.54) is 29.0 Å². The van der Waals surface area contributed by atoms with Crippen molar-refractivity contribution in [3.05, 3.63) is 54.2 Å². The summed E-state index contributed by atoms with van der Waals surface area (Å²) in [5.74, 6) is 0.494. The molecule has 0 atom stereocenters. The Balaban J connectivity index is 1.93. The summed E-state index contributed by atoms with van der Waals surface area (Å²) in [4.78, 5) is 22.6. The van der Waals surface area contributed by atoms with Gasteiger partial charge in [0.25, 0.3) is 11.6 Å². The third-order valence-corrected chi connectivity index (χ3v) is 5.18. The number of aryl methyl sites for hydroxylation is 1. The molecule has 26 heavy (non-hydrogen) atoms. The summed E-state index contributed by atoms with van der Waals surface area (Å²) in [6, 6.07) is 5.27. The number of thiophene rings is 1. The molecule has 0 saturated carbocycles. The van der Waals surface area contributed by atoms with E-state index < -0.39 is 10.8 Å².